The molecule has 0 bridgehead atoms. The van der Waals surface area contributed by atoms with Crippen molar-refractivity contribution in [2.24, 2.45) is 10.2 Å². The zero-order valence-electron chi connectivity index (χ0n) is 23.5. The van der Waals surface area contributed by atoms with E-state index in [1.165, 1.54) is 60.4 Å². The fraction of sp³-hybridized carbons (Fsp3) is 0.185. The van der Waals surface area contributed by atoms with Crippen molar-refractivity contribution in [3.63, 3.8) is 0 Å². The highest BCUT2D eigenvalue weighted by Gasteiger charge is 2.26. The minimum Gasteiger partial charge on any atom is -0.508 e. The second kappa shape index (κ2) is 11.9. The lowest BCUT2D eigenvalue weighted by molar-refractivity contribution is 0.458. The monoisotopic (exact) mass is 601 g/mol. The van der Waals surface area contributed by atoms with E-state index in [1.807, 2.05) is 0 Å². The summed E-state index contributed by atoms with van der Waals surface area (Å²) in [5, 5.41) is 53.1. The minimum atomic E-state index is -3.79. The molecule has 0 saturated carbocycles. The number of aryl methyl sites for hydroxylation is 2. The lowest BCUT2D eigenvalue weighted by atomic mass is 9.83. The van der Waals surface area contributed by atoms with E-state index in [9.17, 15) is 18.6 Å². The van der Waals surface area contributed by atoms with Gasteiger partial charge in [-0.2, -0.15) is 10.2 Å². The SMILES string of the molecule is Cc1nnnn1/N=C/c1ccc(O)c(C(c2cccc(S(=O)(=O)N(C)C)c2)c2cc(/C=N/n3nnnc3C)ccc2O)c1. The summed E-state index contributed by atoms with van der Waals surface area (Å²) >= 11 is 0. The number of benzene rings is 3. The predicted molar refractivity (Wildman–Crippen MR) is 156 cm³/mol. The number of nitrogens with zero attached hydrogens (tertiary/aromatic N) is 11. The average Bonchev–Trinajstić information content (AvgIpc) is 3.60. The predicted octanol–water partition coefficient (Wildman–Crippen LogP) is 1.88. The number of sulfonamides is 1. The lowest BCUT2D eigenvalue weighted by Gasteiger charge is -2.23. The maximum absolute atomic E-state index is 13.0. The molecule has 0 saturated heterocycles. The molecular formula is C27H27N11O4S. The van der Waals surface area contributed by atoms with Crippen molar-refractivity contribution in [2.75, 3.05) is 14.1 Å². The number of phenolic OH excluding ortho intramolecular Hbond substituents is 2. The van der Waals surface area contributed by atoms with Gasteiger partial charge in [-0.1, -0.05) is 12.1 Å². The highest BCUT2D eigenvalue weighted by Crippen LogP contribution is 2.41. The fourth-order valence-electron chi connectivity index (χ4n) is 4.27. The van der Waals surface area contributed by atoms with E-state index in [0.29, 0.717) is 39.5 Å². The molecule has 2 aromatic heterocycles. The van der Waals surface area contributed by atoms with Crippen molar-refractivity contribution < 1.29 is 18.6 Å². The summed E-state index contributed by atoms with van der Waals surface area (Å²) in [5.74, 6) is -0.0167. The smallest absolute Gasteiger partial charge is 0.242 e. The Morgan fingerprint density at radius 2 is 1.30 bits per heavy atom. The molecule has 2 N–H and O–H groups in total. The normalized spacial score (nSPS) is 12.3. The summed E-state index contributed by atoms with van der Waals surface area (Å²) in [7, 11) is -0.895. The first-order chi connectivity index (χ1) is 20.5. The standard InChI is InChI=1S/C27H27N11O4S/c1-17-30-32-34-37(17)28-15-19-8-10-25(39)23(12-19)27(21-6-5-7-22(14-21)43(41,42)36(3)4)24-13-20(9-11-26(24)40)16-29-38-18(2)31-33-35-38/h5-16,27,39-40H,1-4H3/b28-15+,29-16+. The van der Waals surface area contributed by atoms with E-state index in [2.05, 4.69) is 41.3 Å². The summed E-state index contributed by atoms with van der Waals surface area (Å²) in [4.78, 5) is 2.55. The summed E-state index contributed by atoms with van der Waals surface area (Å²) in [5.41, 5.74) is 2.46. The Morgan fingerprint density at radius 1 is 0.791 bits per heavy atom. The molecule has 16 heteroatoms. The number of rotatable bonds is 9. The van der Waals surface area contributed by atoms with Crippen LogP contribution in [-0.2, 0) is 10.0 Å². The van der Waals surface area contributed by atoms with Gasteiger partial charge in [-0.05, 0) is 99.9 Å². The lowest BCUT2D eigenvalue weighted by Crippen LogP contribution is -2.22. The molecule has 0 aliphatic heterocycles. The van der Waals surface area contributed by atoms with Crippen LogP contribution in [0.3, 0.4) is 0 Å². The fourth-order valence-corrected chi connectivity index (χ4v) is 5.23. The molecule has 0 spiro atoms. The molecule has 2 heterocycles. The van der Waals surface area contributed by atoms with Crippen LogP contribution in [0.15, 0.2) is 75.8 Å². The zero-order valence-corrected chi connectivity index (χ0v) is 24.4. The van der Waals surface area contributed by atoms with Gasteiger partial charge in [-0.25, -0.2) is 12.7 Å². The van der Waals surface area contributed by atoms with Gasteiger partial charge in [0, 0.05) is 31.1 Å². The molecule has 0 atom stereocenters. The quantitative estimate of drug-likeness (QED) is 0.186. The van der Waals surface area contributed by atoms with Gasteiger partial charge >= 0.3 is 0 Å². The number of tetrazole rings is 2. The molecule has 5 rings (SSSR count). The van der Waals surface area contributed by atoms with Gasteiger partial charge in [0.05, 0.1) is 17.3 Å². The topological polar surface area (TPSA) is 190 Å². The molecule has 15 nitrogen and oxygen atoms in total. The van der Waals surface area contributed by atoms with Gasteiger partial charge in [0.1, 0.15) is 11.5 Å². The van der Waals surface area contributed by atoms with Gasteiger partial charge in [-0.3, -0.25) is 0 Å². The highest BCUT2D eigenvalue weighted by atomic mass is 32.2. The Balaban J connectivity index is 1.67. The Bertz CT molecular complexity index is 1850. The molecule has 5 aromatic rings. The molecule has 0 fully saturated rings. The van der Waals surface area contributed by atoms with Crippen molar-refractivity contribution in [2.45, 2.75) is 24.7 Å². The highest BCUT2D eigenvalue weighted by molar-refractivity contribution is 7.89. The maximum Gasteiger partial charge on any atom is 0.242 e. The summed E-state index contributed by atoms with van der Waals surface area (Å²) in [6, 6.07) is 16.1. The van der Waals surface area contributed by atoms with Gasteiger partial charge in [0.15, 0.2) is 11.6 Å². The van der Waals surface area contributed by atoms with Crippen molar-refractivity contribution in [1.29, 1.82) is 0 Å². The van der Waals surface area contributed by atoms with Crippen LogP contribution in [-0.4, -0.2) is 90.1 Å². The van der Waals surface area contributed by atoms with Crippen molar-refractivity contribution >= 4 is 22.5 Å². The number of aromatic hydroxyl groups is 2. The number of aromatic nitrogens is 8. The van der Waals surface area contributed by atoms with Crippen LogP contribution in [0.2, 0.25) is 0 Å². The Morgan fingerprint density at radius 3 is 1.74 bits per heavy atom. The van der Waals surface area contributed by atoms with Crippen LogP contribution in [0.25, 0.3) is 0 Å². The van der Waals surface area contributed by atoms with Crippen LogP contribution in [0.4, 0.5) is 0 Å². The van der Waals surface area contributed by atoms with E-state index in [4.69, 9.17) is 0 Å². The van der Waals surface area contributed by atoms with Crippen LogP contribution >= 0.6 is 0 Å². The third-order valence-electron chi connectivity index (χ3n) is 6.53. The van der Waals surface area contributed by atoms with Crippen LogP contribution in [0, 0.1) is 13.8 Å². The van der Waals surface area contributed by atoms with E-state index in [-0.39, 0.29) is 16.4 Å². The Hall–Kier alpha value is -5.35. The summed E-state index contributed by atoms with van der Waals surface area (Å²) in [6.07, 6.45) is 3.04. The third-order valence-corrected chi connectivity index (χ3v) is 8.35. The largest absolute Gasteiger partial charge is 0.508 e. The minimum absolute atomic E-state index is 0.0535. The van der Waals surface area contributed by atoms with Gasteiger partial charge in [-0.15, -0.1) is 19.8 Å². The van der Waals surface area contributed by atoms with Crippen molar-refractivity contribution in [3.05, 3.63) is 100 Å². The van der Waals surface area contributed by atoms with Crippen LogP contribution in [0.5, 0.6) is 11.5 Å². The first kappa shape index (κ1) is 29.2. The molecule has 3 aromatic carbocycles. The number of hydrogen-bond donors (Lipinski definition) is 2. The van der Waals surface area contributed by atoms with Gasteiger partial charge in [0.2, 0.25) is 10.0 Å². The number of hydrogen-bond acceptors (Lipinski definition) is 12. The van der Waals surface area contributed by atoms with E-state index < -0.39 is 15.9 Å². The van der Waals surface area contributed by atoms with Crippen molar-refractivity contribution in [3.8, 4) is 11.5 Å². The molecule has 0 amide bonds. The molecular weight excluding hydrogens is 574 g/mol. The number of phenols is 2. The molecule has 0 aliphatic carbocycles. The van der Waals surface area contributed by atoms with Gasteiger partial charge in [0.25, 0.3) is 0 Å². The first-order valence-electron chi connectivity index (χ1n) is 12.8. The summed E-state index contributed by atoms with van der Waals surface area (Å²) < 4.78 is 27.2. The van der Waals surface area contributed by atoms with Crippen LogP contribution < -0.4 is 0 Å². The maximum atomic E-state index is 13.0. The first-order valence-corrected chi connectivity index (χ1v) is 14.3. The van der Waals surface area contributed by atoms with E-state index >= 15 is 0 Å². The van der Waals surface area contributed by atoms with Gasteiger partial charge < -0.3 is 10.2 Å². The van der Waals surface area contributed by atoms with Crippen LogP contribution in [0.1, 0.15) is 45.4 Å². The summed E-state index contributed by atoms with van der Waals surface area (Å²) in [6.45, 7) is 3.40. The van der Waals surface area contributed by atoms with E-state index in [1.54, 1.807) is 50.2 Å². The molecule has 43 heavy (non-hydrogen) atoms. The molecule has 0 aliphatic rings. The van der Waals surface area contributed by atoms with E-state index in [0.717, 1.165) is 4.31 Å². The average molecular weight is 602 g/mol. The molecule has 220 valence electrons. The van der Waals surface area contributed by atoms with Crippen molar-refractivity contribution in [1.82, 2.24) is 44.9 Å². The Kier molecular flexibility index (Phi) is 8.05. The second-order valence-electron chi connectivity index (χ2n) is 9.65. The molecule has 0 radical (unpaired) electrons. The Labute approximate surface area is 246 Å². The zero-order chi connectivity index (χ0) is 30.7. The molecule has 0 unspecified atom stereocenters. The second-order valence-corrected chi connectivity index (χ2v) is 11.8. The third kappa shape index (κ3) is 6.14.